The Labute approximate surface area is 161 Å². The highest BCUT2D eigenvalue weighted by atomic mass is 32.2. The highest BCUT2D eigenvalue weighted by Crippen LogP contribution is 2.41. The topological polar surface area (TPSA) is 97.0 Å². The van der Waals surface area contributed by atoms with Crippen LogP contribution in [0.5, 0.6) is 0 Å². The van der Waals surface area contributed by atoms with E-state index in [1.54, 1.807) is 37.1 Å². The van der Waals surface area contributed by atoms with Crippen molar-refractivity contribution in [2.45, 2.75) is 27.3 Å². The van der Waals surface area contributed by atoms with Gasteiger partial charge in [-0.05, 0) is 23.9 Å². The van der Waals surface area contributed by atoms with Crippen LogP contribution in [0.1, 0.15) is 24.3 Å². The maximum absolute atomic E-state index is 12.4. The fraction of sp³-hybridized carbons (Fsp3) is 0.444. The van der Waals surface area contributed by atoms with Crippen molar-refractivity contribution in [3.8, 4) is 12.1 Å². The van der Waals surface area contributed by atoms with Crippen LogP contribution in [0.2, 0.25) is 0 Å². The highest BCUT2D eigenvalue weighted by molar-refractivity contribution is 8.03. The Balaban J connectivity index is 2.10. The van der Waals surface area contributed by atoms with E-state index in [0.29, 0.717) is 17.1 Å². The number of rotatable bonds is 5. The summed E-state index contributed by atoms with van der Waals surface area (Å²) in [5.74, 6) is -1.35. The van der Waals surface area contributed by atoms with Crippen LogP contribution in [-0.2, 0) is 16.1 Å². The summed E-state index contributed by atoms with van der Waals surface area (Å²) in [6, 6.07) is 6.07. The van der Waals surface area contributed by atoms with E-state index in [4.69, 9.17) is 0 Å². The number of aryl methyl sites for hydroxylation is 1. The first-order valence-electron chi connectivity index (χ1n) is 7.97. The first-order valence-corrected chi connectivity index (χ1v) is 9.84. The minimum Gasteiger partial charge on any atom is -0.340 e. The quantitative estimate of drug-likeness (QED) is 0.836. The van der Waals surface area contributed by atoms with Crippen LogP contribution in [0.3, 0.4) is 0 Å². The number of carbonyl (C=O) groups excluding carboxylic acids is 2. The summed E-state index contributed by atoms with van der Waals surface area (Å²) in [5.41, 5.74) is 0.593. The Morgan fingerprint density at radius 3 is 2.69 bits per heavy atom. The number of amides is 2. The molecular formula is C18H20N4O2S2. The predicted molar refractivity (Wildman–Crippen MR) is 102 cm³/mol. The number of nitrogens with zero attached hydrogens (tertiary/aromatic N) is 3. The van der Waals surface area contributed by atoms with Gasteiger partial charge in [-0.25, -0.2) is 0 Å². The minimum absolute atomic E-state index is 0.0953. The number of hydrogen-bond donors (Lipinski definition) is 1. The molecule has 0 bridgehead atoms. The second kappa shape index (κ2) is 7.94. The number of carbonyl (C=O) groups is 2. The maximum atomic E-state index is 12.4. The van der Waals surface area contributed by atoms with E-state index in [2.05, 4.69) is 11.4 Å². The summed E-state index contributed by atoms with van der Waals surface area (Å²) in [4.78, 5) is 27.3. The summed E-state index contributed by atoms with van der Waals surface area (Å²) >= 11 is 2.74. The number of thiophene rings is 1. The first kappa shape index (κ1) is 20.0. The molecule has 2 rings (SSSR count). The van der Waals surface area contributed by atoms with Crippen molar-refractivity contribution < 1.29 is 9.59 Å². The normalized spacial score (nSPS) is 18.7. The smallest absolute Gasteiger partial charge is 0.243 e. The van der Waals surface area contributed by atoms with Crippen LogP contribution < -0.4 is 5.32 Å². The minimum atomic E-state index is -0.929. The molecule has 0 aromatic carbocycles. The van der Waals surface area contributed by atoms with Gasteiger partial charge in [-0.2, -0.15) is 10.5 Å². The van der Waals surface area contributed by atoms with Gasteiger partial charge in [-0.1, -0.05) is 25.6 Å². The van der Waals surface area contributed by atoms with Gasteiger partial charge in [0.05, 0.1) is 35.0 Å². The molecule has 136 valence electrons. The summed E-state index contributed by atoms with van der Waals surface area (Å²) < 4.78 is 0. The molecule has 1 N–H and O–H groups in total. The molecule has 1 atom stereocenters. The molecule has 0 aliphatic carbocycles. The lowest BCUT2D eigenvalue weighted by Crippen LogP contribution is -2.44. The number of allylic oxidation sites excluding steroid dienone is 1. The van der Waals surface area contributed by atoms with Crippen LogP contribution in [0.4, 0.5) is 0 Å². The third kappa shape index (κ3) is 3.92. The Morgan fingerprint density at radius 1 is 1.46 bits per heavy atom. The molecule has 0 fully saturated rings. The highest BCUT2D eigenvalue weighted by Gasteiger charge is 2.44. The molecule has 2 amide bonds. The summed E-state index contributed by atoms with van der Waals surface area (Å²) in [6.07, 6.45) is 0. The van der Waals surface area contributed by atoms with Gasteiger partial charge in [-0.3, -0.25) is 9.59 Å². The van der Waals surface area contributed by atoms with Crippen LogP contribution in [-0.4, -0.2) is 29.5 Å². The molecule has 1 aliphatic heterocycles. The SMILES string of the molecule is Cc1ccsc1CN(C)C(=O)CSC1=C(C#N)C(C)(C)[C@H](C#N)C(=O)N1. The Hall–Kier alpha value is -2.29. The third-order valence-corrected chi connectivity index (χ3v) is 6.44. The zero-order valence-electron chi connectivity index (χ0n) is 15.1. The van der Waals surface area contributed by atoms with Crippen molar-refractivity contribution in [3.63, 3.8) is 0 Å². The van der Waals surface area contributed by atoms with Gasteiger partial charge in [0.1, 0.15) is 5.92 Å². The summed E-state index contributed by atoms with van der Waals surface area (Å²) in [7, 11) is 1.73. The number of hydrogen-bond acceptors (Lipinski definition) is 6. The van der Waals surface area contributed by atoms with Gasteiger partial charge in [-0.15, -0.1) is 11.3 Å². The molecule has 1 aliphatic rings. The zero-order chi connectivity index (χ0) is 19.5. The summed E-state index contributed by atoms with van der Waals surface area (Å²) in [6.45, 7) is 5.94. The van der Waals surface area contributed by atoms with Gasteiger partial charge in [0.25, 0.3) is 0 Å². The van der Waals surface area contributed by atoms with Crippen molar-refractivity contribution in [2.75, 3.05) is 12.8 Å². The van der Waals surface area contributed by atoms with Gasteiger partial charge in [0, 0.05) is 17.3 Å². The predicted octanol–water partition coefficient (Wildman–Crippen LogP) is 2.78. The lowest BCUT2D eigenvalue weighted by Gasteiger charge is -2.34. The van der Waals surface area contributed by atoms with Crippen molar-refractivity contribution in [1.29, 1.82) is 10.5 Å². The van der Waals surface area contributed by atoms with Crippen LogP contribution in [0.15, 0.2) is 22.0 Å². The third-order valence-electron chi connectivity index (χ3n) is 4.45. The molecular weight excluding hydrogens is 368 g/mol. The van der Waals surface area contributed by atoms with Crippen molar-refractivity contribution in [1.82, 2.24) is 10.2 Å². The van der Waals surface area contributed by atoms with E-state index < -0.39 is 17.2 Å². The lowest BCUT2D eigenvalue weighted by molar-refractivity contribution is -0.128. The number of nitriles is 2. The molecule has 8 heteroatoms. The Bertz CT molecular complexity index is 842. The molecule has 0 saturated heterocycles. The van der Waals surface area contributed by atoms with Gasteiger partial charge in [0.15, 0.2) is 0 Å². The molecule has 2 heterocycles. The fourth-order valence-corrected chi connectivity index (χ4v) is 4.72. The van der Waals surface area contributed by atoms with E-state index in [-0.39, 0.29) is 11.7 Å². The molecule has 26 heavy (non-hydrogen) atoms. The van der Waals surface area contributed by atoms with E-state index in [1.165, 1.54) is 0 Å². The van der Waals surface area contributed by atoms with Crippen molar-refractivity contribution in [3.05, 3.63) is 32.5 Å². The zero-order valence-corrected chi connectivity index (χ0v) is 16.8. The molecule has 6 nitrogen and oxygen atoms in total. The maximum Gasteiger partial charge on any atom is 0.243 e. The number of nitrogens with one attached hydrogen (secondary N) is 1. The molecule has 0 radical (unpaired) electrons. The van der Waals surface area contributed by atoms with Gasteiger partial charge >= 0.3 is 0 Å². The Morgan fingerprint density at radius 2 is 2.15 bits per heavy atom. The number of thioether (sulfide) groups is 1. The molecule has 0 unspecified atom stereocenters. The second-order valence-corrected chi connectivity index (χ2v) is 8.64. The van der Waals surface area contributed by atoms with Gasteiger partial charge in [0.2, 0.25) is 11.8 Å². The van der Waals surface area contributed by atoms with E-state index in [1.807, 2.05) is 24.4 Å². The average molecular weight is 389 g/mol. The van der Waals surface area contributed by atoms with E-state index in [0.717, 1.165) is 22.2 Å². The summed E-state index contributed by atoms with van der Waals surface area (Å²) in [5, 5.41) is 23.7. The Kier molecular flexibility index (Phi) is 6.12. The lowest BCUT2D eigenvalue weighted by atomic mass is 9.72. The monoisotopic (exact) mass is 388 g/mol. The molecule has 1 aromatic rings. The van der Waals surface area contributed by atoms with E-state index in [9.17, 15) is 20.1 Å². The van der Waals surface area contributed by atoms with E-state index >= 15 is 0 Å². The largest absolute Gasteiger partial charge is 0.340 e. The van der Waals surface area contributed by atoms with Crippen molar-refractivity contribution >= 4 is 34.9 Å². The van der Waals surface area contributed by atoms with Crippen molar-refractivity contribution in [2.24, 2.45) is 11.3 Å². The first-order chi connectivity index (χ1) is 12.2. The van der Waals surface area contributed by atoms with Crippen LogP contribution in [0.25, 0.3) is 0 Å². The fourth-order valence-electron chi connectivity index (χ4n) is 2.65. The molecule has 1 aromatic heterocycles. The standard InChI is InChI=1S/C18H20N4O2S2/c1-11-5-6-25-14(11)9-22(4)15(23)10-26-17-13(8-20)18(2,3)12(7-19)16(24)21-17/h5-6,12H,9-10H2,1-4H3,(H,21,24)/t12-/m1/s1. The van der Waals surface area contributed by atoms with Crippen LogP contribution in [0, 0.1) is 40.9 Å². The molecule has 0 saturated carbocycles. The van der Waals surface area contributed by atoms with Gasteiger partial charge < -0.3 is 10.2 Å². The second-order valence-electron chi connectivity index (χ2n) is 6.65. The van der Waals surface area contributed by atoms with Crippen LogP contribution >= 0.6 is 23.1 Å². The average Bonchev–Trinajstić information content (AvgIpc) is 2.96. The molecule has 0 spiro atoms.